The smallest absolute Gasteiger partial charge is 0.143 e. The zero-order chi connectivity index (χ0) is 12.8. The third-order valence-corrected chi connectivity index (χ3v) is 3.47. The lowest BCUT2D eigenvalue weighted by Gasteiger charge is -2.12. The van der Waals surface area contributed by atoms with Crippen LogP contribution in [0.2, 0.25) is 0 Å². The Morgan fingerprint density at radius 1 is 1.35 bits per heavy atom. The second kappa shape index (κ2) is 7.10. The van der Waals surface area contributed by atoms with E-state index < -0.39 is 0 Å². The highest BCUT2D eigenvalue weighted by Gasteiger charge is 2.12. The van der Waals surface area contributed by atoms with Gasteiger partial charge in [-0.05, 0) is 34.9 Å². The number of nitrogens with one attached hydrogen (secondary N) is 1. The molecule has 17 heavy (non-hydrogen) atoms. The van der Waals surface area contributed by atoms with Gasteiger partial charge in [0, 0.05) is 20.6 Å². The van der Waals surface area contributed by atoms with E-state index in [-0.39, 0.29) is 0 Å². The molecule has 1 aromatic rings. The van der Waals surface area contributed by atoms with E-state index >= 15 is 0 Å². The van der Waals surface area contributed by atoms with Crippen LogP contribution in [0.3, 0.4) is 0 Å². The number of methoxy groups -OCH3 is 1. The maximum Gasteiger partial charge on any atom is 0.143 e. The normalized spacial score (nSPS) is 10.9. The highest BCUT2D eigenvalue weighted by atomic mass is 127. The van der Waals surface area contributed by atoms with Gasteiger partial charge in [-0.3, -0.25) is 0 Å². The van der Waals surface area contributed by atoms with Crippen LogP contribution in [-0.2, 0) is 17.6 Å². The van der Waals surface area contributed by atoms with Gasteiger partial charge in [-0.25, -0.2) is 9.97 Å². The standard InChI is InChI=1S/C12H20IN3O/c1-8(2)7-9-11(13)12(14-3)16-10(15-9)5-6-17-4/h8H,5-7H2,1-4H3,(H,14,15,16). The molecular weight excluding hydrogens is 329 g/mol. The molecular formula is C12H20IN3O. The molecule has 0 atom stereocenters. The predicted octanol–water partition coefficient (Wildman–Crippen LogP) is 2.51. The highest BCUT2D eigenvalue weighted by molar-refractivity contribution is 14.1. The summed E-state index contributed by atoms with van der Waals surface area (Å²) in [5.74, 6) is 2.37. The van der Waals surface area contributed by atoms with Gasteiger partial charge in [-0.15, -0.1) is 0 Å². The van der Waals surface area contributed by atoms with Gasteiger partial charge in [-0.2, -0.15) is 0 Å². The first-order valence-electron chi connectivity index (χ1n) is 5.80. The van der Waals surface area contributed by atoms with Crippen LogP contribution in [0.4, 0.5) is 5.82 Å². The van der Waals surface area contributed by atoms with Crippen molar-refractivity contribution in [2.75, 3.05) is 26.1 Å². The first-order chi connectivity index (χ1) is 8.08. The number of rotatable bonds is 6. The molecule has 1 heterocycles. The summed E-state index contributed by atoms with van der Waals surface area (Å²) in [6.45, 7) is 5.06. The van der Waals surface area contributed by atoms with Crippen LogP contribution in [0, 0.1) is 9.49 Å². The van der Waals surface area contributed by atoms with Gasteiger partial charge >= 0.3 is 0 Å². The van der Waals surface area contributed by atoms with Crippen molar-refractivity contribution in [3.8, 4) is 0 Å². The highest BCUT2D eigenvalue weighted by Crippen LogP contribution is 2.21. The van der Waals surface area contributed by atoms with E-state index in [4.69, 9.17) is 4.74 Å². The fourth-order valence-corrected chi connectivity index (χ4v) is 2.27. The van der Waals surface area contributed by atoms with Crippen LogP contribution in [0.15, 0.2) is 0 Å². The van der Waals surface area contributed by atoms with Gasteiger partial charge in [0.2, 0.25) is 0 Å². The van der Waals surface area contributed by atoms with E-state index in [9.17, 15) is 0 Å². The van der Waals surface area contributed by atoms with Crippen LogP contribution in [0.5, 0.6) is 0 Å². The molecule has 0 fully saturated rings. The molecule has 96 valence electrons. The minimum atomic E-state index is 0.596. The Bertz CT molecular complexity index is 369. The molecule has 1 N–H and O–H groups in total. The summed E-state index contributed by atoms with van der Waals surface area (Å²) >= 11 is 2.31. The predicted molar refractivity (Wildman–Crippen MR) is 78.4 cm³/mol. The Balaban J connectivity index is 3.00. The summed E-state index contributed by atoms with van der Waals surface area (Å²) in [5, 5.41) is 3.13. The van der Waals surface area contributed by atoms with Crippen molar-refractivity contribution in [3.63, 3.8) is 0 Å². The Morgan fingerprint density at radius 2 is 2.06 bits per heavy atom. The number of ether oxygens (including phenoxy) is 1. The molecule has 5 heteroatoms. The van der Waals surface area contributed by atoms with Crippen LogP contribution >= 0.6 is 22.6 Å². The van der Waals surface area contributed by atoms with Crippen molar-refractivity contribution in [2.45, 2.75) is 26.7 Å². The van der Waals surface area contributed by atoms with E-state index in [1.54, 1.807) is 7.11 Å². The second-order valence-corrected chi connectivity index (χ2v) is 5.42. The van der Waals surface area contributed by atoms with E-state index in [1.807, 2.05) is 7.05 Å². The largest absolute Gasteiger partial charge is 0.384 e. The zero-order valence-electron chi connectivity index (χ0n) is 10.9. The van der Waals surface area contributed by atoms with Gasteiger partial charge < -0.3 is 10.1 Å². The third kappa shape index (κ3) is 4.39. The summed E-state index contributed by atoms with van der Waals surface area (Å²) in [5.41, 5.74) is 1.13. The number of hydrogen-bond acceptors (Lipinski definition) is 4. The SMILES string of the molecule is CNc1nc(CCOC)nc(CC(C)C)c1I. The first-order valence-corrected chi connectivity index (χ1v) is 6.88. The van der Waals surface area contributed by atoms with Crippen LogP contribution in [-0.4, -0.2) is 30.7 Å². The lowest BCUT2D eigenvalue weighted by Crippen LogP contribution is -2.11. The second-order valence-electron chi connectivity index (χ2n) is 4.34. The quantitative estimate of drug-likeness (QED) is 0.802. The van der Waals surface area contributed by atoms with Gasteiger partial charge in [0.1, 0.15) is 11.6 Å². The average Bonchev–Trinajstić information content (AvgIpc) is 2.29. The molecule has 0 radical (unpaired) electrons. The monoisotopic (exact) mass is 349 g/mol. The molecule has 0 bridgehead atoms. The van der Waals surface area contributed by atoms with Gasteiger partial charge in [0.15, 0.2) is 0 Å². The first kappa shape index (κ1) is 14.6. The molecule has 0 spiro atoms. The molecule has 1 rings (SSSR count). The number of halogens is 1. The minimum Gasteiger partial charge on any atom is -0.384 e. The van der Waals surface area contributed by atoms with Crippen molar-refractivity contribution in [1.29, 1.82) is 0 Å². The third-order valence-electron chi connectivity index (χ3n) is 2.33. The van der Waals surface area contributed by atoms with E-state index in [2.05, 4.69) is 51.7 Å². The van der Waals surface area contributed by atoms with Crippen LogP contribution in [0.25, 0.3) is 0 Å². The fourth-order valence-electron chi connectivity index (χ4n) is 1.54. The van der Waals surface area contributed by atoms with Crippen molar-refractivity contribution >= 4 is 28.4 Å². The summed E-state index contributed by atoms with van der Waals surface area (Å²) in [7, 11) is 3.59. The molecule has 0 aromatic carbocycles. The molecule has 0 aliphatic carbocycles. The van der Waals surface area contributed by atoms with E-state index in [1.165, 1.54) is 0 Å². The molecule has 0 unspecified atom stereocenters. The van der Waals surface area contributed by atoms with Crippen molar-refractivity contribution < 1.29 is 4.74 Å². The van der Waals surface area contributed by atoms with Crippen LogP contribution in [0.1, 0.15) is 25.4 Å². The van der Waals surface area contributed by atoms with Gasteiger partial charge in [0.25, 0.3) is 0 Å². The fraction of sp³-hybridized carbons (Fsp3) is 0.667. The molecule has 0 aliphatic rings. The molecule has 0 saturated carbocycles. The Kier molecular flexibility index (Phi) is 6.11. The number of anilines is 1. The van der Waals surface area contributed by atoms with Crippen LogP contribution < -0.4 is 5.32 Å². The Hall–Kier alpha value is -0.430. The molecule has 0 aliphatic heterocycles. The van der Waals surface area contributed by atoms with Crippen molar-refractivity contribution in [3.05, 3.63) is 15.1 Å². The maximum absolute atomic E-state index is 5.07. The zero-order valence-corrected chi connectivity index (χ0v) is 13.0. The average molecular weight is 349 g/mol. The molecule has 4 nitrogen and oxygen atoms in total. The topological polar surface area (TPSA) is 47.0 Å². The molecule has 0 amide bonds. The van der Waals surface area contributed by atoms with Crippen molar-refractivity contribution in [1.82, 2.24) is 9.97 Å². The lowest BCUT2D eigenvalue weighted by molar-refractivity contribution is 0.200. The number of nitrogens with zero attached hydrogens (tertiary/aromatic N) is 2. The molecule has 1 aromatic heterocycles. The molecule has 0 saturated heterocycles. The lowest BCUT2D eigenvalue weighted by atomic mass is 10.1. The Morgan fingerprint density at radius 3 is 2.59 bits per heavy atom. The number of hydrogen-bond donors (Lipinski definition) is 1. The Labute approximate surface area is 117 Å². The van der Waals surface area contributed by atoms with E-state index in [0.717, 1.165) is 33.7 Å². The minimum absolute atomic E-state index is 0.596. The van der Waals surface area contributed by atoms with E-state index in [0.29, 0.717) is 12.5 Å². The summed E-state index contributed by atoms with van der Waals surface area (Å²) in [6, 6.07) is 0. The summed E-state index contributed by atoms with van der Waals surface area (Å²) in [6.07, 6.45) is 1.74. The number of aromatic nitrogens is 2. The summed E-state index contributed by atoms with van der Waals surface area (Å²) in [4.78, 5) is 9.11. The maximum atomic E-state index is 5.07. The van der Waals surface area contributed by atoms with Gasteiger partial charge in [-0.1, -0.05) is 13.8 Å². The van der Waals surface area contributed by atoms with Gasteiger partial charge in [0.05, 0.1) is 15.9 Å². The summed E-state index contributed by atoms with van der Waals surface area (Å²) < 4.78 is 6.19. The van der Waals surface area contributed by atoms with Crippen molar-refractivity contribution in [2.24, 2.45) is 5.92 Å².